The average Bonchev–Trinajstić information content (AvgIpc) is 2.68. The molecule has 0 saturated carbocycles. The van der Waals surface area contributed by atoms with E-state index in [2.05, 4.69) is 5.32 Å². The first-order chi connectivity index (χ1) is 13.0. The number of ether oxygens (including phenoxy) is 1. The van der Waals surface area contributed by atoms with Crippen molar-refractivity contribution < 1.29 is 14.5 Å². The summed E-state index contributed by atoms with van der Waals surface area (Å²) in [5.74, 6) is 0.201. The van der Waals surface area contributed by atoms with E-state index in [9.17, 15) is 14.9 Å². The Balaban J connectivity index is 1.63. The molecule has 0 spiro atoms. The van der Waals surface area contributed by atoms with E-state index in [-0.39, 0.29) is 16.3 Å². The number of nitrogens with zero attached hydrogens (tertiary/aromatic N) is 1. The number of benzene rings is 3. The number of rotatable bonds is 6. The lowest BCUT2D eigenvalue weighted by Crippen LogP contribution is -2.12. The maximum absolute atomic E-state index is 12.3. The van der Waals surface area contributed by atoms with Gasteiger partial charge in [0.25, 0.3) is 11.6 Å². The fourth-order valence-electron chi connectivity index (χ4n) is 2.37. The van der Waals surface area contributed by atoms with Crippen molar-refractivity contribution in [1.29, 1.82) is 0 Å². The maximum Gasteiger partial charge on any atom is 0.288 e. The van der Waals surface area contributed by atoms with Gasteiger partial charge >= 0.3 is 0 Å². The molecule has 0 fully saturated rings. The number of amides is 1. The molecule has 3 aromatic carbocycles. The summed E-state index contributed by atoms with van der Waals surface area (Å²) in [5.41, 5.74) is 1.44. The molecule has 0 unspecified atom stereocenters. The predicted octanol–water partition coefficient (Wildman–Crippen LogP) is 5.08. The van der Waals surface area contributed by atoms with E-state index in [0.29, 0.717) is 18.0 Å². The fraction of sp³-hybridized carbons (Fsp3) is 0.0500. The van der Waals surface area contributed by atoms with Gasteiger partial charge in [-0.05, 0) is 42.0 Å². The Morgan fingerprint density at radius 3 is 2.41 bits per heavy atom. The number of hydrogen-bond donors (Lipinski definition) is 1. The molecule has 0 bridgehead atoms. The van der Waals surface area contributed by atoms with Crippen molar-refractivity contribution >= 4 is 28.9 Å². The second kappa shape index (κ2) is 8.33. The van der Waals surface area contributed by atoms with Crippen molar-refractivity contribution in [1.82, 2.24) is 0 Å². The van der Waals surface area contributed by atoms with Gasteiger partial charge in [0.1, 0.15) is 17.4 Å². The molecular formula is C20H15ClN2O4. The number of nitro groups is 1. The van der Waals surface area contributed by atoms with E-state index in [4.69, 9.17) is 16.3 Å². The van der Waals surface area contributed by atoms with Gasteiger partial charge in [-0.2, -0.15) is 0 Å². The second-order valence-electron chi connectivity index (χ2n) is 5.68. The SMILES string of the molecule is O=C(Nc1ccc(OCc2ccccc2)cc1)c1ccc(Cl)c([N+](=O)[O-])c1. The molecule has 136 valence electrons. The zero-order chi connectivity index (χ0) is 19.2. The molecule has 0 heterocycles. The molecule has 0 aliphatic carbocycles. The Hall–Kier alpha value is -3.38. The van der Waals surface area contributed by atoms with E-state index in [0.717, 1.165) is 11.6 Å². The quantitative estimate of drug-likeness (QED) is 0.476. The third kappa shape index (κ3) is 4.83. The van der Waals surface area contributed by atoms with Gasteiger partial charge in [-0.1, -0.05) is 41.9 Å². The lowest BCUT2D eigenvalue weighted by Gasteiger charge is -2.09. The van der Waals surface area contributed by atoms with Crippen LogP contribution in [0.1, 0.15) is 15.9 Å². The first-order valence-electron chi connectivity index (χ1n) is 8.05. The van der Waals surface area contributed by atoms with Crippen molar-refractivity contribution in [3.8, 4) is 5.75 Å². The third-order valence-electron chi connectivity index (χ3n) is 3.77. The maximum atomic E-state index is 12.3. The Kier molecular flexibility index (Phi) is 5.68. The highest BCUT2D eigenvalue weighted by atomic mass is 35.5. The van der Waals surface area contributed by atoms with Crippen LogP contribution < -0.4 is 10.1 Å². The monoisotopic (exact) mass is 382 g/mol. The summed E-state index contributed by atoms with van der Waals surface area (Å²) in [6.07, 6.45) is 0. The van der Waals surface area contributed by atoms with Gasteiger partial charge in [-0.25, -0.2) is 0 Å². The lowest BCUT2D eigenvalue weighted by molar-refractivity contribution is -0.384. The summed E-state index contributed by atoms with van der Waals surface area (Å²) < 4.78 is 5.69. The summed E-state index contributed by atoms with van der Waals surface area (Å²) in [6, 6.07) is 20.6. The van der Waals surface area contributed by atoms with E-state index in [1.54, 1.807) is 24.3 Å². The van der Waals surface area contributed by atoms with Gasteiger partial charge < -0.3 is 10.1 Å². The van der Waals surface area contributed by atoms with E-state index in [1.807, 2.05) is 30.3 Å². The first kappa shape index (κ1) is 18.4. The van der Waals surface area contributed by atoms with Crippen LogP contribution in [0.4, 0.5) is 11.4 Å². The fourth-order valence-corrected chi connectivity index (χ4v) is 2.56. The normalized spacial score (nSPS) is 10.3. The topological polar surface area (TPSA) is 81.5 Å². The van der Waals surface area contributed by atoms with Crippen molar-refractivity contribution in [2.45, 2.75) is 6.61 Å². The van der Waals surface area contributed by atoms with Crippen LogP contribution in [0, 0.1) is 10.1 Å². The van der Waals surface area contributed by atoms with E-state index >= 15 is 0 Å². The molecule has 6 nitrogen and oxygen atoms in total. The number of carbonyl (C=O) groups excluding carboxylic acids is 1. The van der Waals surface area contributed by atoms with Crippen LogP contribution >= 0.6 is 11.6 Å². The molecular weight excluding hydrogens is 368 g/mol. The van der Waals surface area contributed by atoms with Crippen LogP contribution in [0.15, 0.2) is 72.8 Å². The highest BCUT2D eigenvalue weighted by molar-refractivity contribution is 6.32. The molecule has 0 aromatic heterocycles. The summed E-state index contributed by atoms with van der Waals surface area (Å²) in [5, 5.41) is 13.6. The van der Waals surface area contributed by atoms with E-state index < -0.39 is 10.8 Å². The molecule has 7 heteroatoms. The summed E-state index contributed by atoms with van der Waals surface area (Å²) in [4.78, 5) is 22.6. The standard InChI is InChI=1S/C20H15ClN2O4/c21-18-11-6-15(12-19(18)23(25)26)20(24)22-16-7-9-17(10-8-16)27-13-14-4-2-1-3-5-14/h1-12H,13H2,(H,22,24). The number of anilines is 1. The number of nitro benzene ring substituents is 1. The van der Waals surface area contributed by atoms with Gasteiger partial charge in [-0.15, -0.1) is 0 Å². The molecule has 0 atom stereocenters. The minimum Gasteiger partial charge on any atom is -0.489 e. The van der Waals surface area contributed by atoms with Gasteiger partial charge in [0.05, 0.1) is 4.92 Å². The molecule has 0 radical (unpaired) electrons. The third-order valence-corrected chi connectivity index (χ3v) is 4.09. The van der Waals surface area contributed by atoms with Crippen LogP contribution in [-0.2, 0) is 6.61 Å². The van der Waals surface area contributed by atoms with Gasteiger partial charge in [0.2, 0.25) is 0 Å². The highest BCUT2D eigenvalue weighted by Gasteiger charge is 2.16. The van der Waals surface area contributed by atoms with Gasteiger partial charge in [-0.3, -0.25) is 14.9 Å². The summed E-state index contributed by atoms with van der Waals surface area (Å²) in [7, 11) is 0. The molecule has 3 rings (SSSR count). The van der Waals surface area contributed by atoms with E-state index in [1.165, 1.54) is 12.1 Å². The van der Waals surface area contributed by atoms with Crippen LogP contribution in [0.3, 0.4) is 0 Å². The van der Waals surface area contributed by atoms with Gasteiger partial charge in [0.15, 0.2) is 0 Å². The predicted molar refractivity (Wildman–Crippen MR) is 103 cm³/mol. The number of nitrogens with one attached hydrogen (secondary N) is 1. The van der Waals surface area contributed by atoms with Gasteiger partial charge in [0, 0.05) is 17.3 Å². The Morgan fingerprint density at radius 2 is 1.74 bits per heavy atom. The van der Waals surface area contributed by atoms with Crippen LogP contribution in [0.25, 0.3) is 0 Å². The summed E-state index contributed by atoms with van der Waals surface area (Å²) >= 11 is 5.76. The van der Waals surface area contributed by atoms with Crippen LogP contribution in [0.5, 0.6) is 5.75 Å². The number of halogens is 1. The number of hydrogen-bond acceptors (Lipinski definition) is 4. The number of carbonyl (C=O) groups is 1. The zero-order valence-electron chi connectivity index (χ0n) is 14.1. The van der Waals surface area contributed by atoms with Crippen LogP contribution in [-0.4, -0.2) is 10.8 Å². The van der Waals surface area contributed by atoms with Crippen LogP contribution in [0.2, 0.25) is 5.02 Å². The van der Waals surface area contributed by atoms with Crippen molar-refractivity contribution in [3.63, 3.8) is 0 Å². The smallest absolute Gasteiger partial charge is 0.288 e. The Bertz CT molecular complexity index is 959. The molecule has 1 N–H and O–H groups in total. The molecule has 3 aromatic rings. The van der Waals surface area contributed by atoms with Crippen molar-refractivity contribution in [2.24, 2.45) is 0 Å². The molecule has 1 amide bonds. The average molecular weight is 383 g/mol. The largest absolute Gasteiger partial charge is 0.489 e. The highest BCUT2D eigenvalue weighted by Crippen LogP contribution is 2.25. The minimum absolute atomic E-state index is 0.0172. The lowest BCUT2D eigenvalue weighted by atomic mass is 10.2. The zero-order valence-corrected chi connectivity index (χ0v) is 14.8. The van der Waals surface area contributed by atoms with Crippen molar-refractivity contribution in [3.05, 3.63) is 99.1 Å². The molecule has 0 aliphatic rings. The molecule has 27 heavy (non-hydrogen) atoms. The minimum atomic E-state index is -0.627. The van der Waals surface area contributed by atoms with Crippen molar-refractivity contribution in [2.75, 3.05) is 5.32 Å². The molecule has 0 saturated heterocycles. The first-order valence-corrected chi connectivity index (χ1v) is 8.43. The molecule has 0 aliphatic heterocycles. The second-order valence-corrected chi connectivity index (χ2v) is 6.08. The Morgan fingerprint density at radius 1 is 1.04 bits per heavy atom. The Labute approximate surface area is 160 Å². The summed E-state index contributed by atoms with van der Waals surface area (Å²) in [6.45, 7) is 0.445.